The first-order chi connectivity index (χ1) is 10.9. The average molecular weight is 441 g/mol. The predicted molar refractivity (Wildman–Crippen MR) is 101 cm³/mol. The van der Waals surface area contributed by atoms with Crippen LogP contribution in [0.15, 0.2) is 39.3 Å². The number of para-hydroxylation sites is 1. The normalized spacial score (nSPS) is 10.5. The van der Waals surface area contributed by atoms with Gasteiger partial charge in [-0.15, -0.1) is 0 Å². The topological polar surface area (TPSA) is 38.3 Å². The molecular weight excluding hydrogens is 422 g/mol. The van der Waals surface area contributed by atoms with Gasteiger partial charge < -0.3 is 10.1 Å². The van der Waals surface area contributed by atoms with Crippen molar-refractivity contribution in [2.24, 2.45) is 0 Å². The maximum atomic E-state index is 12.2. The van der Waals surface area contributed by atoms with Gasteiger partial charge in [0, 0.05) is 10.2 Å². The SMILES string of the molecule is CCc1cccc(C)c1NC(=O)COc1c(C)cc(Br)cc1Br. The fraction of sp³-hybridized carbons (Fsp3) is 0.278. The molecular formula is C18H19Br2NO2. The summed E-state index contributed by atoms with van der Waals surface area (Å²) in [5.74, 6) is 0.520. The van der Waals surface area contributed by atoms with Crippen LogP contribution in [-0.4, -0.2) is 12.5 Å². The Hall–Kier alpha value is -1.33. The van der Waals surface area contributed by atoms with Gasteiger partial charge in [0.25, 0.3) is 5.91 Å². The van der Waals surface area contributed by atoms with Crippen LogP contribution < -0.4 is 10.1 Å². The van der Waals surface area contributed by atoms with Crippen LogP contribution in [0.3, 0.4) is 0 Å². The van der Waals surface area contributed by atoms with Gasteiger partial charge in [-0.3, -0.25) is 4.79 Å². The number of benzene rings is 2. The maximum absolute atomic E-state index is 12.2. The van der Waals surface area contributed by atoms with E-state index < -0.39 is 0 Å². The first kappa shape index (κ1) is 18.0. The van der Waals surface area contributed by atoms with Gasteiger partial charge in [0.15, 0.2) is 6.61 Å². The molecule has 0 unspecified atom stereocenters. The van der Waals surface area contributed by atoms with Crippen molar-refractivity contribution >= 4 is 43.5 Å². The third-order valence-electron chi connectivity index (χ3n) is 3.55. The summed E-state index contributed by atoms with van der Waals surface area (Å²) in [4.78, 5) is 12.2. The van der Waals surface area contributed by atoms with Crippen LogP contribution in [0.25, 0.3) is 0 Å². The molecule has 0 aliphatic carbocycles. The van der Waals surface area contributed by atoms with Gasteiger partial charge in [0.1, 0.15) is 5.75 Å². The number of aryl methyl sites for hydroxylation is 3. The molecule has 0 aliphatic heterocycles. The first-order valence-corrected chi connectivity index (χ1v) is 8.97. The lowest BCUT2D eigenvalue weighted by molar-refractivity contribution is -0.118. The van der Waals surface area contributed by atoms with E-state index in [1.807, 2.05) is 44.2 Å². The summed E-state index contributed by atoms with van der Waals surface area (Å²) in [5, 5.41) is 2.96. The molecule has 0 aromatic heterocycles. The van der Waals surface area contributed by atoms with E-state index in [0.29, 0.717) is 5.75 Å². The van der Waals surface area contributed by atoms with Crippen molar-refractivity contribution in [2.75, 3.05) is 11.9 Å². The van der Waals surface area contributed by atoms with E-state index in [-0.39, 0.29) is 12.5 Å². The Bertz CT molecular complexity index is 706. The van der Waals surface area contributed by atoms with Gasteiger partial charge >= 0.3 is 0 Å². The van der Waals surface area contributed by atoms with E-state index >= 15 is 0 Å². The minimum atomic E-state index is -0.164. The second-order valence-electron chi connectivity index (χ2n) is 5.33. The zero-order valence-corrected chi connectivity index (χ0v) is 16.5. The number of carbonyl (C=O) groups excluding carboxylic acids is 1. The molecule has 2 aromatic carbocycles. The summed E-state index contributed by atoms with van der Waals surface area (Å²) in [5.41, 5.74) is 4.03. The van der Waals surface area contributed by atoms with E-state index in [9.17, 15) is 4.79 Å². The lowest BCUT2D eigenvalue weighted by Crippen LogP contribution is -2.21. The average Bonchev–Trinajstić information content (AvgIpc) is 2.48. The van der Waals surface area contributed by atoms with Gasteiger partial charge in [0.2, 0.25) is 0 Å². The molecule has 0 spiro atoms. The van der Waals surface area contributed by atoms with Crippen LogP contribution >= 0.6 is 31.9 Å². The molecule has 1 amide bonds. The predicted octanol–water partition coefficient (Wildman–Crippen LogP) is 5.41. The van der Waals surface area contributed by atoms with E-state index in [4.69, 9.17) is 4.74 Å². The first-order valence-electron chi connectivity index (χ1n) is 7.39. The van der Waals surface area contributed by atoms with Crippen LogP contribution in [0, 0.1) is 13.8 Å². The summed E-state index contributed by atoms with van der Waals surface area (Å²) < 4.78 is 7.48. The highest BCUT2D eigenvalue weighted by Gasteiger charge is 2.12. The number of nitrogens with one attached hydrogen (secondary N) is 1. The molecule has 0 saturated carbocycles. The number of rotatable bonds is 5. The van der Waals surface area contributed by atoms with Crippen molar-refractivity contribution in [3.05, 3.63) is 56.0 Å². The number of amides is 1. The molecule has 1 N–H and O–H groups in total. The fourth-order valence-corrected chi connectivity index (χ4v) is 3.94. The Morgan fingerprint density at radius 3 is 2.57 bits per heavy atom. The molecule has 0 fully saturated rings. The van der Waals surface area contributed by atoms with Crippen molar-refractivity contribution < 1.29 is 9.53 Å². The third kappa shape index (κ3) is 4.58. The van der Waals surface area contributed by atoms with Crippen molar-refractivity contribution in [1.82, 2.24) is 0 Å². The molecule has 0 radical (unpaired) electrons. The van der Waals surface area contributed by atoms with Crippen LogP contribution in [0.4, 0.5) is 5.69 Å². The molecule has 2 aromatic rings. The molecule has 5 heteroatoms. The molecule has 0 heterocycles. The van der Waals surface area contributed by atoms with Crippen molar-refractivity contribution in [3.8, 4) is 5.75 Å². The highest BCUT2D eigenvalue weighted by molar-refractivity contribution is 9.11. The van der Waals surface area contributed by atoms with Gasteiger partial charge in [-0.25, -0.2) is 0 Å². The van der Waals surface area contributed by atoms with Gasteiger partial charge in [-0.05, 0) is 65.0 Å². The number of halogens is 2. The number of hydrogen-bond donors (Lipinski definition) is 1. The Labute approximate surface area is 153 Å². The summed E-state index contributed by atoms with van der Waals surface area (Å²) in [6.07, 6.45) is 0.871. The van der Waals surface area contributed by atoms with Crippen molar-refractivity contribution in [3.63, 3.8) is 0 Å². The number of ether oxygens (including phenoxy) is 1. The molecule has 3 nitrogen and oxygen atoms in total. The van der Waals surface area contributed by atoms with E-state index in [2.05, 4.69) is 44.1 Å². The number of hydrogen-bond acceptors (Lipinski definition) is 2. The molecule has 23 heavy (non-hydrogen) atoms. The van der Waals surface area contributed by atoms with Crippen molar-refractivity contribution in [2.45, 2.75) is 27.2 Å². The van der Waals surface area contributed by atoms with E-state index in [0.717, 1.165) is 37.7 Å². The monoisotopic (exact) mass is 439 g/mol. The minimum absolute atomic E-state index is 0.0292. The summed E-state index contributed by atoms with van der Waals surface area (Å²) >= 11 is 6.89. The van der Waals surface area contributed by atoms with Gasteiger partial charge in [-0.1, -0.05) is 41.1 Å². The Balaban J connectivity index is 2.07. The van der Waals surface area contributed by atoms with Crippen LogP contribution in [0.5, 0.6) is 5.75 Å². The van der Waals surface area contributed by atoms with Gasteiger partial charge in [0.05, 0.1) is 4.47 Å². The lowest BCUT2D eigenvalue weighted by Gasteiger charge is -2.15. The number of carbonyl (C=O) groups is 1. The summed E-state index contributed by atoms with van der Waals surface area (Å²) in [6.45, 7) is 5.98. The smallest absolute Gasteiger partial charge is 0.262 e. The molecule has 0 bridgehead atoms. The van der Waals surface area contributed by atoms with Crippen molar-refractivity contribution in [1.29, 1.82) is 0 Å². The summed E-state index contributed by atoms with van der Waals surface area (Å²) in [7, 11) is 0. The maximum Gasteiger partial charge on any atom is 0.262 e. The van der Waals surface area contributed by atoms with Crippen LogP contribution in [0.1, 0.15) is 23.6 Å². The van der Waals surface area contributed by atoms with E-state index in [1.54, 1.807) is 0 Å². The Morgan fingerprint density at radius 2 is 1.91 bits per heavy atom. The standard InChI is InChI=1S/C18H19Br2NO2/c1-4-13-7-5-6-11(2)17(13)21-16(22)10-23-18-12(3)8-14(19)9-15(18)20/h5-9H,4,10H2,1-3H3,(H,21,22). The zero-order valence-electron chi connectivity index (χ0n) is 13.4. The highest BCUT2D eigenvalue weighted by Crippen LogP contribution is 2.32. The second-order valence-corrected chi connectivity index (χ2v) is 7.10. The van der Waals surface area contributed by atoms with Crippen LogP contribution in [0.2, 0.25) is 0 Å². The minimum Gasteiger partial charge on any atom is -0.482 e. The summed E-state index contributed by atoms with van der Waals surface area (Å²) in [6, 6.07) is 9.87. The largest absolute Gasteiger partial charge is 0.482 e. The molecule has 0 atom stereocenters. The third-order valence-corrected chi connectivity index (χ3v) is 4.59. The Kier molecular flexibility index (Phi) is 6.25. The second kappa shape index (κ2) is 7.97. The van der Waals surface area contributed by atoms with Crippen LogP contribution in [-0.2, 0) is 11.2 Å². The quantitative estimate of drug-likeness (QED) is 0.675. The fourth-order valence-electron chi connectivity index (χ4n) is 2.39. The highest BCUT2D eigenvalue weighted by atomic mass is 79.9. The van der Waals surface area contributed by atoms with Gasteiger partial charge in [-0.2, -0.15) is 0 Å². The molecule has 2 rings (SSSR count). The molecule has 0 saturated heterocycles. The Morgan fingerprint density at radius 1 is 1.17 bits per heavy atom. The number of anilines is 1. The molecule has 0 aliphatic rings. The van der Waals surface area contributed by atoms with E-state index in [1.165, 1.54) is 0 Å². The lowest BCUT2D eigenvalue weighted by atomic mass is 10.1. The zero-order chi connectivity index (χ0) is 17.0. The molecule has 122 valence electrons.